The Kier molecular flexibility index (Phi) is 3.85. The summed E-state index contributed by atoms with van der Waals surface area (Å²) < 4.78 is 63.2. The van der Waals surface area contributed by atoms with Crippen LogP contribution < -0.4 is 0 Å². The van der Waals surface area contributed by atoms with Crippen molar-refractivity contribution in [2.75, 3.05) is 6.54 Å². The summed E-state index contributed by atoms with van der Waals surface area (Å²) >= 11 is 0. The van der Waals surface area contributed by atoms with E-state index in [9.17, 15) is 21.6 Å². The summed E-state index contributed by atoms with van der Waals surface area (Å²) in [4.78, 5) is 6.23. The van der Waals surface area contributed by atoms with E-state index in [0.29, 0.717) is 10.1 Å². The number of hydrogen-bond acceptors (Lipinski definition) is 3. The van der Waals surface area contributed by atoms with Crippen molar-refractivity contribution in [2.45, 2.75) is 43.9 Å². The van der Waals surface area contributed by atoms with E-state index < -0.39 is 28.8 Å². The SMILES string of the molecule is Cc1ncc(S(=O)(=O)N(CC(F)(F)F)C(C)C2CC2)[nH]1. The van der Waals surface area contributed by atoms with Gasteiger partial charge in [-0.05, 0) is 32.6 Å². The molecule has 1 aromatic heterocycles. The maximum absolute atomic E-state index is 12.7. The fourth-order valence-corrected chi connectivity index (χ4v) is 3.74. The van der Waals surface area contributed by atoms with Crippen molar-refractivity contribution < 1.29 is 21.6 Å². The van der Waals surface area contributed by atoms with E-state index in [4.69, 9.17) is 0 Å². The molecule has 1 fully saturated rings. The molecule has 1 heterocycles. The number of H-pyrrole nitrogens is 1. The topological polar surface area (TPSA) is 66.1 Å². The summed E-state index contributed by atoms with van der Waals surface area (Å²) in [7, 11) is -4.22. The van der Waals surface area contributed by atoms with Crippen molar-refractivity contribution in [1.29, 1.82) is 0 Å². The third-order valence-electron chi connectivity index (χ3n) is 3.36. The molecule has 1 atom stereocenters. The fourth-order valence-electron chi connectivity index (χ4n) is 2.09. The molecule has 0 aromatic carbocycles. The predicted molar refractivity (Wildman–Crippen MR) is 65.5 cm³/mol. The van der Waals surface area contributed by atoms with Crippen LogP contribution in [0.4, 0.5) is 13.2 Å². The molecule has 1 aromatic rings. The lowest BCUT2D eigenvalue weighted by molar-refractivity contribution is -0.139. The monoisotopic (exact) mass is 311 g/mol. The van der Waals surface area contributed by atoms with Crippen molar-refractivity contribution in [2.24, 2.45) is 5.92 Å². The first-order chi connectivity index (χ1) is 9.11. The number of sulfonamides is 1. The molecule has 1 saturated carbocycles. The number of aromatic nitrogens is 2. The average Bonchev–Trinajstić information content (AvgIpc) is 3.06. The summed E-state index contributed by atoms with van der Waals surface area (Å²) in [5, 5.41) is -0.299. The van der Waals surface area contributed by atoms with E-state index in [0.717, 1.165) is 19.0 Å². The highest BCUT2D eigenvalue weighted by Gasteiger charge is 2.44. The smallest absolute Gasteiger partial charge is 0.332 e. The second-order valence-electron chi connectivity index (χ2n) is 5.08. The van der Waals surface area contributed by atoms with Crippen LogP contribution in [-0.2, 0) is 10.0 Å². The number of halogens is 3. The highest BCUT2D eigenvalue weighted by atomic mass is 32.2. The van der Waals surface area contributed by atoms with Crippen molar-refractivity contribution in [1.82, 2.24) is 14.3 Å². The van der Waals surface area contributed by atoms with Gasteiger partial charge in [0.25, 0.3) is 10.0 Å². The van der Waals surface area contributed by atoms with Gasteiger partial charge in [0.15, 0.2) is 5.03 Å². The summed E-state index contributed by atoms with van der Waals surface area (Å²) in [6.45, 7) is 1.58. The van der Waals surface area contributed by atoms with Crippen molar-refractivity contribution >= 4 is 10.0 Å². The maximum atomic E-state index is 12.7. The van der Waals surface area contributed by atoms with Gasteiger partial charge in [-0.1, -0.05) is 0 Å². The number of hydrogen-bond donors (Lipinski definition) is 1. The molecule has 1 aliphatic carbocycles. The molecule has 0 saturated heterocycles. The Morgan fingerprint density at radius 2 is 2.10 bits per heavy atom. The molecule has 0 aliphatic heterocycles. The average molecular weight is 311 g/mol. The quantitative estimate of drug-likeness (QED) is 0.905. The van der Waals surface area contributed by atoms with Gasteiger partial charge < -0.3 is 4.98 Å². The fraction of sp³-hybridized carbons (Fsp3) is 0.727. The molecule has 9 heteroatoms. The second-order valence-corrected chi connectivity index (χ2v) is 6.94. The Bertz CT molecular complexity index is 578. The van der Waals surface area contributed by atoms with Crippen LogP contribution >= 0.6 is 0 Å². The summed E-state index contributed by atoms with van der Waals surface area (Å²) in [6, 6.07) is -0.676. The molecule has 5 nitrogen and oxygen atoms in total. The number of alkyl halides is 3. The predicted octanol–water partition coefficient (Wildman–Crippen LogP) is 2.07. The lowest BCUT2D eigenvalue weighted by Crippen LogP contribution is -2.45. The number of aromatic amines is 1. The van der Waals surface area contributed by atoms with Crippen LogP contribution in [0.5, 0.6) is 0 Å². The van der Waals surface area contributed by atoms with E-state index in [1.165, 1.54) is 13.8 Å². The van der Waals surface area contributed by atoms with Crippen molar-refractivity contribution in [3.05, 3.63) is 12.0 Å². The minimum atomic E-state index is -4.58. The number of aryl methyl sites for hydroxylation is 1. The molecule has 0 amide bonds. The minimum absolute atomic E-state index is 0.00357. The minimum Gasteiger partial charge on any atom is -0.332 e. The van der Waals surface area contributed by atoms with Crippen LogP contribution in [0.25, 0.3) is 0 Å². The lowest BCUT2D eigenvalue weighted by Gasteiger charge is -2.28. The van der Waals surface area contributed by atoms with Crippen LogP contribution in [0.15, 0.2) is 11.2 Å². The molecule has 114 valence electrons. The highest BCUT2D eigenvalue weighted by molar-refractivity contribution is 7.89. The Morgan fingerprint density at radius 3 is 2.50 bits per heavy atom. The first-order valence-corrected chi connectivity index (χ1v) is 7.65. The van der Waals surface area contributed by atoms with Crippen LogP contribution in [0, 0.1) is 12.8 Å². The largest absolute Gasteiger partial charge is 0.402 e. The summed E-state index contributed by atoms with van der Waals surface area (Å²) in [5.41, 5.74) is 0. The molecular formula is C11H16F3N3O2S. The molecule has 1 unspecified atom stereocenters. The molecule has 1 N–H and O–H groups in total. The highest BCUT2D eigenvalue weighted by Crippen LogP contribution is 2.38. The van der Waals surface area contributed by atoms with Gasteiger partial charge >= 0.3 is 6.18 Å². The Balaban J connectivity index is 2.34. The lowest BCUT2D eigenvalue weighted by atomic mass is 10.2. The van der Waals surface area contributed by atoms with Gasteiger partial charge in [-0.15, -0.1) is 0 Å². The maximum Gasteiger partial charge on any atom is 0.402 e. The molecular weight excluding hydrogens is 295 g/mol. The molecule has 1 aliphatic rings. The number of nitrogens with one attached hydrogen (secondary N) is 1. The zero-order chi connectivity index (χ0) is 15.1. The summed E-state index contributed by atoms with van der Waals surface area (Å²) in [5.74, 6) is 0.339. The molecule has 0 spiro atoms. The van der Waals surface area contributed by atoms with Gasteiger partial charge in [0.05, 0.1) is 6.20 Å². The molecule has 2 rings (SSSR count). The Hall–Kier alpha value is -1.09. The number of nitrogens with zero attached hydrogens (tertiary/aromatic N) is 2. The van der Waals surface area contributed by atoms with Crippen LogP contribution in [0.3, 0.4) is 0 Å². The van der Waals surface area contributed by atoms with E-state index in [1.807, 2.05) is 0 Å². The standard InChI is InChI=1S/C11H16F3N3O2S/c1-7(9-3-4-9)17(6-11(12,13)14)20(18,19)10-5-15-8(2)16-10/h5,7,9H,3-4,6H2,1-2H3,(H,15,16). The number of rotatable bonds is 5. The van der Waals surface area contributed by atoms with E-state index in [1.54, 1.807) is 0 Å². The zero-order valence-corrected chi connectivity index (χ0v) is 11.9. The normalized spacial score (nSPS) is 18.5. The third-order valence-corrected chi connectivity index (χ3v) is 5.20. The summed E-state index contributed by atoms with van der Waals surface area (Å²) in [6.07, 6.45) is -2.01. The molecule has 20 heavy (non-hydrogen) atoms. The first kappa shape index (κ1) is 15.3. The Morgan fingerprint density at radius 1 is 1.50 bits per heavy atom. The first-order valence-electron chi connectivity index (χ1n) is 6.21. The van der Waals surface area contributed by atoms with Crippen molar-refractivity contribution in [3.63, 3.8) is 0 Å². The van der Waals surface area contributed by atoms with Gasteiger partial charge in [0, 0.05) is 6.04 Å². The van der Waals surface area contributed by atoms with Crippen molar-refractivity contribution in [3.8, 4) is 0 Å². The van der Waals surface area contributed by atoms with E-state index in [-0.39, 0.29) is 10.9 Å². The second kappa shape index (κ2) is 5.03. The van der Waals surface area contributed by atoms with Gasteiger partial charge in [0.1, 0.15) is 12.4 Å². The van der Waals surface area contributed by atoms with Crippen LogP contribution in [0.1, 0.15) is 25.6 Å². The molecule has 0 radical (unpaired) electrons. The number of imidazole rings is 1. The van der Waals surface area contributed by atoms with Gasteiger partial charge in [-0.25, -0.2) is 13.4 Å². The van der Waals surface area contributed by atoms with E-state index >= 15 is 0 Å². The molecule has 0 bridgehead atoms. The van der Waals surface area contributed by atoms with Gasteiger partial charge in [-0.3, -0.25) is 0 Å². The third kappa shape index (κ3) is 3.32. The van der Waals surface area contributed by atoms with Crippen LogP contribution in [-0.4, -0.2) is 41.5 Å². The Labute approximate surface area is 115 Å². The van der Waals surface area contributed by atoms with Gasteiger partial charge in [-0.2, -0.15) is 17.5 Å². The van der Waals surface area contributed by atoms with E-state index in [2.05, 4.69) is 9.97 Å². The van der Waals surface area contributed by atoms with Gasteiger partial charge in [0.2, 0.25) is 0 Å². The zero-order valence-electron chi connectivity index (χ0n) is 11.1. The van der Waals surface area contributed by atoms with Crippen LogP contribution in [0.2, 0.25) is 0 Å².